The van der Waals surface area contributed by atoms with Gasteiger partial charge in [-0.3, -0.25) is 9.59 Å². The number of thioether (sulfide) groups is 1. The number of aromatic nitrogens is 2. The molecule has 0 aliphatic carbocycles. The molecule has 6 nitrogen and oxygen atoms in total. The summed E-state index contributed by atoms with van der Waals surface area (Å²) in [5.41, 5.74) is 7.45. The van der Waals surface area contributed by atoms with Crippen LogP contribution in [-0.2, 0) is 16.1 Å². The third-order valence-electron chi connectivity index (χ3n) is 4.46. The van der Waals surface area contributed by atoms with Gasteiger partial charge < -0.3 is 10.6 Å². The Bertz CT molecular complexity index is 989. The highest BCUT2D eigenvalue weighted by atomic mass is 32.2. The molecule has 0 saturated heterocycles. The first-order chi connectivity index (χ1) is 13.5. The van der Waals surface area contributed by atoms with Crippen molar-refractivity contribution in [1.29, 1.82) is 0 Å². The lowest BCUT2D eigenvalue weighted by Crippen LogP contribution is -2.34. The maximum Gasteiger partial charge on any atom is 0.233 e. The predicted molar refractivity (Wildman–Crippen MR) is 113 cm³/mol. The van der Waals surface area contributed by atoms with Crippen molar-refractivity contribution < 1.29 is 9.59 Å². The van der Waals surface area contributed by atoms with Gasteiger partial charge in [0.1, 0.15) is 16.2 Å². The Morgan fingerprint density at radius 2 is 1.93 bits per heavy atom. The highest BCUT2D eigenvalue weighted by molar-refractivity contribution is 8.00. The SMILES string of the molecule is Cc1sc2ncnc(SCC(=O)N(CCC(N)=O)Cc3ccccc3)c2c1C. The summed E-state index contributed by atoms with van der Waals surface area (Å²) in [4.78, 5) is 36.6. The van der Waals surface area contributed by atoms with Crippen molar-refractivity contribution in [3.63, 3.8) is 0 Å². The maximum absolute atomic E-state index is 12.9. The fourth-order valence-corrected chi connectivity index (χ4v) is 4.84. The highest BCUT2D eigenvalue weighted by Gasteiger charge is 2.18. The zero-order valence-electron chi connectivity index (χ0n) is 15.8. The van der Waals surface area contributed by atoms with E-state index in [4.69, 9.17) is 5.73 Å². The van der Waals surface area contributed by atoms with Gasteiger partial charge in [-0.25, -0.2) is 9.97 Å². The first kappa shape index (κ1) is 20.3. The molecule has 28 heavy (non-hydrogen) atoms. The van der Waals surface area contributed by atoms with Crippen molar-refractivity contribution in [2.75, 3.05) is 12.3 Å². The largest absolute Gasteiger partial charge is 0.370 e. The zero-order valence-corrected chi connectivity index (χ0v) is 17.5. The van der Waals surface area contributed by atoms with Crippen LogP contribution in [0, 0.1) is 13.8 Å². The minimum Gasteiger partial charge on any atom is -0.370 e. The van der Waals surface area contributed by atoms with Crippen molar-refractivity contribution in [3.8, 4) is 0 Å². The number of carbonyl (C=O) groups is 2. The van der Waals surface area contributed by atoms with Gasteiger partial charge in [0.05, 0.1) is 5.75 Å². The van der Waals surface area contributed by atoms with E-state index in [1.807, 2.05) is 30.3 Å². The Balaban J connectivity index is 1.73. The number of primary amides is 1. The number of rotatable bonds is 8. The topological polar surface area (TPSA) is 89.2 Å². The van der Waals surface area contributed by atoms with E-state index in [1.165, 1.54) is 16.6 Å². The van der Waals surface area contributed by atoms with Crippen LogP contribution in [0.5, 0.6) is 0 Å². The summed E-state index contributed by atoms with van der Waals surface area (Å²) < 4.78 is 0. The van der Waals surface area contributed by atoms with Crippen LogP contribution in [0.15, 0.2) is 41.7 Å². The first-order valence-corrected chi connectivity index (χ1v) is 10.7. The molecule has 0 aliphatic rings. The smallest absolute Gasteiger partial charge is 0.233 e. The molecule has 0 radical (unpaired) electrons. The van der Waals surface area contributed by atoms with Crippen LogP contribution in [0.3, 0.4) is 0 Å². The number of aryl methyl sites for hydroxylation is 2. The highest BCUT2D eigenvalue weighted by Crippen LogP contribution is 2.34. The second kappa shape index (κ2) is 9.16. The van der Waals surface area contributed by atoms with Crippen molar-refractivity contribution in [3.05, 3.63) is 52.7 Å². The number of nitrogens with zero attached hydrogens (tertiary/aromatic N) is 3. The third-order valence-corrected chi connectivity index (χ3v) is 6.55. The van der Waals surface area contributed by atoms with Crippen LogP contribution in [0.25, 0.3) is 10.2 Å². The number of benzene rings is 1. The number of nitrogens with two attached hydrogens (primary N) is 1. The summed E-state index contributed by atoms with van der Waals surface area (Å²) in [5.74, 6) is -0.224. The molecule has 1 aromatic carbocycles. The molecule has 3 rings (SSSR count). The van der Waals surface area contributed by atoms with Crippen molar-refractivity contribution in [2.24, 2.45) is 5.73 Å². The maximum atomic E-state index is 12.9. The summed E-state index contributed by atoms with van der Waals surface area (Å²) in [6.45, 7) is 4.87. The molecule has 0 unspecified atom stereocenters. The molecule has 0 spiro atoms. The molecule has 3 aromatic rings. The van der Waals surface area contributed by atoms with Gasteiger partial charge in [-0.15, -0.1) is 11.3 Å². The van der Waals surface area contributed by atoms with Crippen molar-refractivity contribution in [2.45, 2.75) is 31.8 Å². The lowest BCUT2D eigenvalue weighted by atomic mass is 10.2. The fraction of sp³-hybridized carbons (Fsp3) is 0.300. The Morgan fingerprint density at radius 1 is 1.18 bits per heavy atom. The fourth-order valence-electron chi connectivity index (χ4n) is 2.82. The van der Waals surface area contributed by atoms with Crippen LogP contribution in [0.4, 0.5) is 0 Å². The Morgan fingerprint density at radius 3 is 2.64 bits per heavy atom. The molecule has 0 atom stereocenters. The summed E-state index contributed by atoms with van der Waals surface area (Å²) in [6.07, 6.45) is 1.68. The van der Waals surface area contributed by atoms with E-state index in [0.29, 0.717) is 13.1 Å². The molecule has 0 bridgehead atoms. The number of thiophene rings is 1. The molecule has 2 heterocycles. The average Bonchev–Trinajstić information content (AvgIpc) is 2.98. The molecule has 0 fully saturated rings. The lowest BCUT2D eigenvalue weighted by Gasteiger charge is -2.22. The summed E-state index contributed by atoms with van der Waals surface area (Å²) in [7, 11) is 0. The van der Waals surface area contributed by atoms with E-state index in [9.17, 15) is 9.59 Å². The quantitative estimate of drug-likeness (QED) is 0.451. The van der Waals surface area contributed by atoms with E-state index in [2.05, 4.69) is 23.8 Å². The number of hydrogen-bond donors (Lipinski definition) is 1. The molecular formula is C20H22N4O2S2. The minimum atomic E-state index is -0.416. The summed E-state index contributed by atoms with van der Waals surface area (Å²) in [6, 6.07) is 9.72. The third kappa shape index (κ3) is 4.88. The van der Waals surface area contributed by atoms with E-state index in [1.54, 1.807) is 22.6 Å². The van der Waals surface area contributed by atoms with Gasteiger partial charge in [0, 0.05) is 29.8 Å². The van der Waals surface area contributed by atoms with Crippen LogP contribution in [0.1, 0.15) is 22.4 Å². The Hall–Kier alpha value is -2.45. The predicted octanol–water partition coefficient (Wildman–Crippen LogP) is 3.30. The normalized spacial score (nSPS) is 10.9. The van der Waals surface area contributed by atoms with Gasteiger partial charge >= 0.3 is 0 Å². The number of amides is 2. The molecule has 0 saturated carbocycles. The van der Waals surface area contributed by atoms with E-state index in [-0.39, 0.29) is 18.1 Å². The number of hydrogen-bond acceptors (Lipinski definition) is 6. The van der Waals surface area contributed by atoms with Gasteiger partial charge in [-0.1, -0.05) is 42.1 Å². The van der Waals surface area contributed by atoms with Gasteiger partial charge in [-0.05, 0) is 25.0 Å². The monoisotopic (exact) mass is 414 g/mol. The minimum absolute atomic E-state index is 0.0496. The van der Waals surface area contributed by atoms with E-state index >= 15 is 0 Å². The molecule has 146 valence electrons. The van der Waals surface area contributed by atoms with Gasteiger partial charge in [0.25, 0.3) is 0 Å². The summed E-state index contributed by atoms with van der Waals surface area (Å²) >= 11 is 3.04. The van der Waals surface area contributed by atoms with E-state index in [0.717, 1.165) is 26.4 Å². The standard InChI is InChI=1S/C20H22N4O2S2/c1-13-14(2)28-20-18(13)19(22-12-23-20)27-11-17(26)24(9-8-16(21)25)10-15-6-4-3-5-7-15/h3-7,12H,8-11H2,1-2H3,(H2,21,25). The van der Waals surface area contributed by atoms with E-state index < -0.39 is 5.91 Å². The van der Waals surface area contributed by atoms with Gasteiger partial charge in [0.15, 0.2) is 0 Å². The first-order valence-electron chi connectivity index (χ1n) is 8.89. The van der Waals surface area contributed by atoms with Crippen molar-refractivity contribution >= 4 is 45.1 Å². The molecule has 2 aromatic heterocycles. The zero-order chi connectivity index (χ0) is 20.1. The van der Waals surface area contributed by atoms with Crippen LogP contribution < -0.4 is 5.73 Å². The molecule has 2 amide bonds. The Kier molecular flexibility index (Phi) is 6.64. The van der Waals surface area contributed by atoms with Crippen LogP contribution in [0.2, 0.25) is 0 Å². The van der Waals surface area contributed by atoms with Crippen LogP contribution in [-0.4, -0.2) is 39.0 Å². The van der Waals surface area contributed by atoms with Crippen molar-refractivity contribution in [1.82, 2.24) is 14.9 Å². The van der Waals surface area contributed by atoms with Crippen LogP contribution >= 0.6 is 23.1 Å². The second-order valence-electron chi connectivity index (χ2n) is 6.45. The number of carbonyl (C=O) groups excluding carboxylic acids is 2. The second-order valence-corrected chi connectivity index (χ2v) is 8.62. The summed E-state index contributed by atoms with van der Waals surface area (Å²) in [5, 5.41) is 1.84. The molecular weight excluding hydrogens is 392 g/mol. The lowest BCUT2D eigenvalue weighted by molar-refractivity contribution is -0.129. The average molecular weight is 415 g/mol. The van der Waals surface area contributed by atoms with Gasteiger partial charge in [0.2, 0.25) is 11.8 Å². The molecule has 0 aliphatic heterocycles. The molecule has 8 heteroatoms. The molecule has 2 N–H and O–H groups in total. The van der Waals surface area contributed by atoms with Gasteiger partial charge in [-0.2, -0.15) is 0 Å². The number of fused-ring (bicyclic) bond motifs is 1. The Labute approximate surface area is 172 Å².